The minimum atomic E-state index is -0.516. The molecule has 0 aromatic rings. The molecule has 0 aromatic heterocycles. The van der Waals surface area contributed by atoms with Gasteiger partial charge in [0.05, 0.1) is 5.41 Å². The predicted octanol–water partition coefficient (Wildman–Crippen LogP) is 2.68. The second-order valence-electron chi connectivity index (χ2n) is 6.36. The van der Waals surface area contributed by atoms with Crippen LogP contribution in [0.4, 0.5) is 0 Å². The molecule has 0 amide bonds. The van der Waals surface area contributed by atoms with Crippen molar-refractivity contribution in [1.29, 1.82) is 0 Å². The van der Waals surface area contributed by atoms with E-state index in [4.69, 9.17) is 0 Å². The zero-order valence-corrected chi connectivity index (χ0v) is 8.75. The molecule has 0 radical (unpaired) electrons. The van der Waals surface area contributed by atoms with Crippen LogP contribution in [-0.2, 0) is 4.79 Å². The monoisotopic (exact) mass is 194 g/mol. The number of hydrogen-bond acceptors (Lipinski definition) is 1. The number of carboxylic acids is 1. The first-order valence-electron chi connectivity index (χ1n) is 5.75. The molecule has 0 spiro atoms. The molecule has 0 saturated heterocycles. The van der Waals surface area contributed by atoms with Crippen LogP contribution in [0.5, 0.6) is 0 Å². The molecule has 4 saturated carbocycles. The quantitative estimate of drug-likeness (QED) is 0.696. The molecule has 4 aliphatic carbocycles. The van der Waals surface area contributed by atoms with E-state index in [1.807, 2.05) is 0 Å². The molecule has 2 nitrogen and oxygen atoms in total. The molecular formula is C12H18O2. The van der Waals surface area contributed by atoms with Gasteiger partial charge in [-0.2, -0.15) is 0 Å². The van der Waals surface area contributed by atoms with Crippen molar-refractivity contribution < 1.29 is 9.90 Å². The first-order valence-corrected chi connectivity index (χ1v) is 5.75. The maximum atomic E-state index is 11.4. The number of carbonyl (C=O) groups is 1. The summed E-state index contributed by atoms with van der Waals surface area (Å²) < 4.78 is 0. The summed E-state index contributed by atoms with van der Waals surface area (Å²) in [5.74, 6) is 0.924. The maximum absolute atomic E-state index is 11.4. The van der Waals surface area contributed by atoms with Crippen molar-refractivity contribution >= 4 is 5.97 Å². The van der Waals surface area contributed by atoms with Gasteiger partial charge in [-0.15, -0.1) is 0 Å². The normalized spacial score (nSPS) is 54.9. The van der Waals surface area contributed by atoms with Crippen molar-refractivity contribution in [3.8, 4) is 0 Å². The first kappa shape index (κ1) is 8.75. The molecule has 0 heterocycles. The highest BCUT2D eigenvalue weighted by molar-refractivity contribution is 5.75. The van der Waals surface area contributed by atoms with Crippen molar-refractivity contribution in [1.82, 2.24) is 0 Å². The van der Waals surface area contributed by atoms with Gasteiger partial charge in [0.15, 0.2) is 0 Å². The highest BCUT2D eigenvalue weighted by Gasteiger charge is 2.58. The summed E-state index contributed by atoms with van der Waals surface area (Å²) in [6.45, 7) is 2.31. The number of carboxylic acid groups (broad SMARTS) is 1. The van der Waals surface area contributed by atoms with Crippen molar-refractivity contribution in [2.75, 3.05) is 0 Å². The van der Waals surface area contributed by atoms with Gasteiger partial charge < -0.3 is 5.11 Å². The third kappa shape index (κ3) is 0.999. The number of aliphatic carboxylic acids is 1. The van der Waals surface area contributed by atoms with Crippen LogP contribution in [0.1, 0.15) is 45.4 Å². The zero-order chi connectivity index (χ0) is 9.97. The Morgan fingerprint density at radius 2 is 1.79 bits per heavy atom. The average Bonchev–Trinajstić information content (AvgIpc) is 1.98. The fourth-order valence-electron chi connectivity index (χ4n) is 4.97. The number of hydrogen-bond donors (Lipinski definition) is 1. The van der Waals surface area contributed by atoms with Gasteiger partial charge >= 0.3 is 5.97 Å². The Morgan fingerprint density at radius 3 is 2.21 bits per heavy atom. The van der Waals surface area contributed by atoms with E-state index in [-0.39, 0.29) is 5.41 Å². The molecule has 0 aliphatic heterocycles. The zero-order valence-electron chi connectivity index (χ0n) is 8.75. The van der Waals surface area contributed by atoms with E-state index in [1.54, 1.807) is 0 Å². The van der Waals surface area contributed by atoms with Crippen molar-refractivity contribution in [3.05, 3.63) is 0 Å². The van der Waals surface area contributed by atoms with Gasteiger partial charge in [0.25, 0.3) is 0 Å². The largest absolute Gasteiger partial charge is 0.481 e. The molecule has 2 heteroatoms. The summed E-state index contributed by atoms with van der Waals surface area (Å²) in [6.07, 6.45) is 6.77. The Kier molecular flexibility index (Phi) is 1.46. The van der Waals surface area contributed by atoms with Crippen molar-refractivity contribution in [2.24, 2.45) is 22.7 Å². The topological polar surface area (TPSA) is 37.3 Å². The molecule has 4 bridgehead atoms. The molecule has 14 heavy (non-hydrogen) atoms. The lowest BCUT2D eigenvalue weighted by Gasteiger charge is -2.59. The van der Waals surface area contributed by atoms with Gasteiger partial charge in [0.1, 0.15) is 0 Å². The van der Waals surface area contributed by atoms with Gasteiger partial charge in [-0.25, -0.2) is 0 Å². The Balaban J connectivity index is 2.00. The van der Waals surface area contributed by atoms with Crippen molar-refractivity contribution in [3.63, 3.8) is 0 Å². The van der Waals surface area contributed by atoms with Crippen LogP contribution in [0.15, 0.2) is 0 Å². The first-order chi connectivity index (χ1) is 6.51. The summed E-state index contributed by atoms with van der Waals surface area (Å²) in [4.78, 5) is 11.4. The molecule has 4 rings (SSSR count). The molecule has 4 aliphatic rings. The van der Waals surface area contributed by atoms with Crippen LogP contribution in [0.2, 0.25) is 0 Å². The minimum Gasteiger partial charge on any atom is -0.481 e. The van der Waals surface area contributed by atoms with Gasteiger partial charge in [0, 0.05) is 0 Å². The Labute approximate surface area is 84.7 Å². The van der Waals surface area contributed by atoms with E-state index >= 15 is 0 Å². The van der Waals surface area contributed by atoms with Gasteiger partial charge in [0.2, 0.25) is 0 Å². The van der Waals surface area contributed by atoms with Crippen LogP contribution in [0, 0.1) is 22.7 Å². The lowest BCUT2D eigenvalue weighted by molar-refractivity contribution is -0.172. The van der Waals surface area contributed by atoms with Crippen LogP contribution in [-0.4, -0.2) is 11.1 Å². The summed E-state index contributed by atoms with van der Waals surface area (Å²) in [5, 5.41) is 9.39. The predicted molar refractivity (Wildman–Crippen MR) is 52.9 cm³/mol. The van der Waals surface area contributed by atoms with E-state index in [0.717, 1.165) is 31.1 Å². The Hall–Kier alpha value is -0.530. The molecule has 1 N–H and O–H groups in total. The second-order valence-corrected chi connectivity index (χ2v) is 6.36. The van der Waals surface area contributed by atoms with E-state index in [9.17, 15) is 9.90 Å². The summed E-state index contributed by atoms with van der Waals surface area (Å²) in [5.41, 5.74) is 0.0430. The van der Waals surface area contributed by atoms with Crippen LogP contribution in [0.25, 0.3) is 0 Å². The van der Waals surface area contributed by atoms with Crippen molar-refractivity contribution in [2.45, 2.75) is 45.4 Å². The van der Waals surface area contributed by atoms with Crippen LogP contribution in [0.3, 0.4) is 0 Å². The molecule has 2 unspecified atom stereocenters. The third-order valence-electron chi connectivity index (χ3n) is 4.81. The minimum absolute atomic E-state index is 0.321. The molecule has 4 fully saturated rings. The standard InChI is InChI=1S/C12H18O2/c1-11-3-8-2-9(4-11)6-12(5-8,7-11)10(13)14/h8-9H,2-7H2,1H3,(H,13,14)/t8-,9+,11?,12?. The lowest BCUT2D eigenvalue weighted by Crippen LogP contribution is -2.53. The van der Waals surface area contributed by atoms with E-state index in [0.29, 0.717) is 5.41 Å². The smallest absolute Gasteiger partial charge is 0.309 e. The molecular weight excluding hydrogens is 176 g/mol. The molecule has 0 aromatic carbocycles. The number of rotatable bonds is 1. The summed E-state index contributed by atoms with van der Waals surface area (Å²) in [7, 11) is 0. The molecule has 78 valence electrons. The SMILES string of the molecule is CC12C[C@H]3C[C@@H](C1)CC(C(=O)O)(C3)C2. The highest BCUT2D eigenvalue weighted by Crippen LogP contribution is 2.65. The maximum Gasteiger partial charge on any atom is 0.309 e. The van der Waals surface area contributed by atoms with Gasteiger partial charge in [-0.05, 0) is 55.8 Å². The fourth-order valence-corrected chi connectivity index (χ4v) is 4.97. The van der Waals surface area contributed by atoms with E-state index in [1.165, 1.54) is 19.3 Å². The highest BCUT2D eigenvalue weighted by atomic mass is 16.4. The summed E-state index contributed by atoms with van der Waals surface area (Å²) in [6, 6.07) is 0. The molecule has 4 atom stereocenters. The lowest BCUT2D eigenvalue weighted by atomic mass is 9.45. The second kappa shape index (κ2) is 2.34. The van der Waals surface area contributed by atoms with E-state index in [2.05, 4.69) is 6.92 Å². The van der Waals surface area contributed by atoms with Crippen LogP contribution < -0.4 is 0 Å². The summed E-state index contributed by atoms with van der Waals surface area (Å²) >= 11 is 0. The third-order valence-corrected chi connectivity index (χ3v) is 4.81. The van der Waals surface area contributed by atoms with Gasteiger partial charge in [-0.3, -0.25) is 4.79 Å². The Morgan fingerprint density at radius 1 is 1.21 bits per heavy atom. The van der Waals surface area contributed by atoms with E-state index < -0.39 is 5.97 Å². The van der Waals surface area contributed by atoms with Gasteiger partial charge in [-0.1, -0.05) is 6.92 Å². The Bertz CT molecular complexity index is 281. The fraction of sp³-hybridized carbons (Fsp3) is 0.917. The van der Waals surface area contributed by atoms with Crippen LogP contribution >= 0.6 is 0 Å². The average molecular weight is 194 g/mol.